The van der Waals surface area contributed by atoms with Crippen LogP contribution in [0.25, 0.3) is 0 Å². The molecule has 1 aromatic carbocycles. The van der Waals surface area contributed by atoms with Crippen molar-refractivity contribution in [3.63, 3.8) is 0 Å². The lowest BCUT2D eigenvalue weighted by Crippen LogP contribution is -2.35. The van der Waals surface area contributed by atoms with Crippen molar-refractivity contribution >= 4 is 11.8 Å². The summed E-state index contributed by atoms with van der Waals surface area (Å²) >= 11 is 2.01. The monoisotopic (exact) mass is 247 g/mol. The molecule has 2 heteroatoms. The zero-order chi connectivity index (χ0) is 11.7. The SMILES string of the molecule is CCC(NC1CCSc2ccccc21)C1CC1. The van der Waals surface area contributed by atoms with Gasteiger partial charge in [-0.25, -0.2) is 0 Å². The first-order valence-corrected chi connectivity index (χ1v) is 7.85. The smallest absolute Gasteiger partial charge is 0.0341 e. The molecule has 0 bridgehead atoms. The predicted molar refractivity (Wildman–Crippen MR) is 74.5 cm³/mol. The highest BCUT2D eigenvalue weighted by Crippen LogP contribution is 2.39. The lowest BCUT2D eigenvalue weighted by Gasteiger charge is -2.30. The van der Waals surface area contributed by atoms with Gasteiger partial charge in [0.15, 0.2) is 0 Å². The summed E-state index contributed by atoms with van der Waals surface area (Å²) in [6, 6.07) is 10.3. The summed E-state index contributed by atoms with van der Waals surface area (Å²) in [6.45, 7) is 2.32. The second-order valence-electron chi connectivity index (χ2n) is 5.25. The summed E-state index contributed by atoms with van der Waals surface area (Å²) in [5, 5.41) is 3.91. The van der Waals surface area contributed by atoms with Crippen molar-refractivity contribution < 1.29 is 0 Å². The van der Waals surface area contributed by atoms with E-state index in [0.717, 1.165) is 12.0 Å². The highest BCUT2D eigenvalue weighted by Gasteiger charge is 2.32. The molecule has 0 spiro atoms. The number of benzene rings is 1. The number of hydrogen-bond acceptors (Lipinski definition) is 2. The molecule has 17 heavy (non-hydrogen) atoms. The third-order valence-electron chi connectivity index (χ3n) is 4.00. The van der Waals surface area contributed by atoms with E-state index in [1.165, 1.54) is 41.9 Å². The van der Waals surface area contributed by atoms with E-state index in [4.69, 9.17) is 0 Å². The standard InChI is InChI=1S/C15H21NS/c1-2-13(11-7-8-11)16-14-9-10-17-15-6-4-3-5-12(14)15/h3-6,11,13-14,16H,2,7-10H2,1H3. The van der Waals surface area contributed by atoms with Gasteiger partial charge in [0, 0.05) is 17.0 Å². The van der Waals surface area contributed by atoms with Crippen molar-refractivity contribution in [2.45, 2.75) is 49.6 Å². The minimum absolute atomic E-state index is 0.595. The summed E-state index contributed by atoms with van der Waals surface area (Å²) in [7, 11) is 0. The van der Waals surface area contributed by atoms with E-state index >= 15 is 0 Å². The molecule has 0 amide bonds. The number of rotatable bonds is 4. The van der Waals surface area contributed by atoms with Crippen LogP contribution in [-0.2, 0) is 0 Å². The molecule has 92 valence electrons. The molecule has 1 fully saturated rings. The van der Waals surface area contributed by atoms with Crippen molar-refractivity contribution in [2.24, 2.45) is 5.92 Å². The quantitative estimate of drug-likeness (QED) is 0.863. The van der Waals surface area contributed by atoms with Crippen LogP contribution < -0.4 is 5.32 Å². The maximum atomic E-state index is 3.91. The van der Waals surface area contributed by atoms with Gasteiger partial charge in [0.2, 0.25) is 0 Å². The normalized spacial score (nSPS) is 25.4. The first-order valence-electron chi connectivity index (χ1n) is 6.86. The Hall–Kier alpha value is -0.470. The van der Waals surface area contributed by atoms with Crippen molar-refractivity contribution in [1.29, 1.82) is 0 Å². The Kier molecular flexibility index (Phi) is 3.44. The van der Waals surface area contributed by atoms with E-state index in [1.807, 2.05) is 11.8 Å². The first kappa shape index (κ1) is 11.6. The van der Waals surface area contributed by atoms with Crippen LogP contribution in [0.3, 0.4) is 0 Å². The van der Waals surface area contributed by atoms with Crippen LogP contribution in [0.1, 0.15) is 44.2 Å². The van der Waals surface area contributed by atoms with Crippen molar-refractivity contribution in [1.82, 2.24) is 5.32 Å². The summed E-state index contributed by atoms with van der Waals surface area (Å²) < 4.78 is 0. The number of thioether (sulfide) groups is 1. The van der Waals surface area contributed by atoms with Crippen LogP contribution >= 0.6 is 11.8 Å². The molecule has 1 saturated carbocycles. The summed E-state index contributed by atoms with van der Waals surface area (Å²) in [4.78, 5) is 1.49. The van der Waals surface area contributed by atoms with Gasteiger partial charge in [-0.2, -0.15) is 0 Å². The third-order valence-corrected chi connectivity index (χ3v) is 5.13. The topological polar surface area (TPSA) is 12.0 Å². The maximum absolute atomic E-state index is 3.91. The summed E-state index contributed by atoms with van der Waals surface area (Å²) in [5.41, 5.74) is 1.53. The Balaban J connectivity index is 1.75. The number of hydrogen-bond donors (Lipinski definition) is 1. The van der Waals surface area contributed by atoms with E-state index in [2.05, 4.69) is 36.5 Å². The van der Waals surface area contributed by atoms with Crippen LogP contribution in [0.5, 0.6) is 0 Å². The summed E-state index contributed by atoms with van der Waals surface area (Å²) in [6.07, 6.45) is 5.44. The third kappa shape index (κ3) is 2.53. The Bertz CT molecular complexity index is 386. The van der Waals surface area contributed by atoms with Gasteiger partial charge in [-0.15, -0.1) is 11.8 Å². The van der Waals surface area contributed by atoms with Crippen molar-refractivity contribution in [3.8, 4) is 0 Å². The molecule has 0 radical (unpaired) electrons. The van der Waals surface area contributed by atoms with Crippen molar-refractivity contribution in [3.05, 3.63) is 29.8 Å². The fourth-order valence-corrected chi connectivity index (χ4v) is 3.98. The minimum atomic E-state index is 0.595. The molecule has 1 nitrogen and oxygen atoms in total. The molecule has 1 aliphatic heterocycles. The lowest BCUT2D eigenvalue weighted by atomic mass is 10.0. The fraction of sp³-hybridized carbons (Fsp3) is 0.600. The average molecular weight is 247 g/mol. The molecule has 1 aliphatic carbocycles. The highest BCUT2D eigenvalue weighted by molar-refractivity contribution is 7.99. The Morgan fingerprint density at radius 3 is 2.88 bits per heavy atom. The predicted octanol–water partition coefficient (Wildman–Crippen LogP) is 4.00. The van der Waals surface area contributed by atoms with E-state index in [-0.39, 0.29) is 0 Å². The van der Waals surface area contributed by atoms with Crippen LogP contribution in [0.15, 0.2) is 29.2 Å². The fourth-order valence-electron chi connectivity index (χ4n) is 2.86. The van der Waals surface area contributed by atoms with Gasteiger partial charge in [0.05, 0.1) is 0 Å². The molecule has 2 atom stereocenters. The Labute approximate surface area is 108 Å². The van der Waals surface area contributed by atoms with Gasteiger partial charge in [-0.1, -0.05) is 25.1 Å². The van der Waals surface area contributed by atoms with Crippen LogP contribution in [0.2, 0.25) is 0 Å². The maximum Gasteiger partial charge on any atom is 0.0341 e. The van der Waals surface area contributed by atoms with E-state index in [1.54, 1.807) is 0 Å². The summed E-state index contributed by atoms with van der Waals surface area (Å²) in [5.74, 6) is 2.22. The van der Waals surface area contributed by atoms with Crippen LogP contribution in [0.4, 0.5) is 0 Å². The van der Waals surface area contributed by atoms with Gasteiger partial charge < -0.3 is 5.32 Å². The number of fused-ring (bicyclic) bond motifs is 1. The molecule has 2 aliphatic rings. The lowest BCUT2D eigenvalue weighted by molar-refractivity contribution is 0.380. The van der Waals surface area contributed by atoms with Gasteiger partial charge in [-0.05, 0) is 49.0 Å². The molecule has 0 saturated heterocycles. The molecule has 0 aromatic heterocycles. The Morgan fingerprint density at radius 2 is 2.12 bits per heavy atom. The van der Waals surface area contributed by atoms with Gasteiger partial charge >= 0.3 is 0 Å². The molecule has 2 unspecified atom stereocenters. The molecule has 1 heterocycles. The van der Waals surface area contributed by atoms with Gasteiger partial charge in [-0.3, -0.25) is 0 Å². The minimum Gasteiger partial charge on any atom is -0.307 e. The van der Waals surface area contributed by atoms with E-state index in [0.29, 0.717) is 6.04 Å². The molecular weight excluding hydrogens is 226 g/mol. The average Bonchev–Trinajstić information content (AvgIpc) is 3.20. The van der Waals surface area contributed by atoms with E-state index in [9.17, 15) is 0 Å². The van der Waals surface area contributed by atoms with Crippen LogP contribution in [0, 0.1) is 5.92 Å². The van der Waals surface area contributed by atoms with Gasteiger partial charge in [0.25, 0.3) is 0 Å². The second-order valence-corrected chi connectivity index (χ2v) is 6.38. The van der Waals surface area contributed by atoms with Gasteiger partial charge in [0.1, 0.15) is 0 Å². The highest BCUT2D eigenvalue weighted by atomic mass is 32.2. The first-order chi connectivity index (χ1) is 8.38. The van der Waals surface area contributed by atoms with Crippen LogP contribution in [-0.4, -0.2) is 11.8 Å². The molecular formula is C15H21NS. The zero-order valence-electron chi connectivity index (χ0n) is 10.5. The largest absolute Gasteiger partial charge is 0.307 e. The molecule has 1 aromatic rings. The number of nitrogens with one attached hydrogen (secondary N) is 1. The van der Waals surface area contributed by atoms with Crippen molar-refractivity contribution in [2.75, 3.05) is 5.75 Å². The Morgan fingerprint density at radius 1 is 1.29 bits per heavy atom. The van der Waals surface area contributed by atoms with E-state index < -0.39 is 0 Å². The molecule has 3 rings (SSSR count). The second kappa shape index (κ2) is 5.03. The molecule has 1 N–H and O–H groups in total. The zero-order valence-corrected chi connectivity index (χ0v) is 11.3.